The van der Waals surface area contributed by atoms with E-state index in [9.17, 15) is 9.59 Å². The van der Waals surface area contributed by atoms with Crippen LogP contribution in [0.5, 0.6) is 5.75 Å². The lowest BCUT2D eigenvalue weighted by Crippen LogP contribution is -2.31. The van der Waals surface area contributed by atoms with Crippen molar-refractivity contribution in [3.05, 3.63) is 72.3 Å². The molecule has 3 rings (SSSR count). The summed E-state index contributed by atoms with van der Waals surface area (Å²) in [4.78, 5) is 26.6. The van der Waals surface area contributed by atoms with Crippen LogP contribution in [0.2, 0.25) is 0 Å². The number of amides is 1. The second-order valence-corrected chi connectivity index (χ2v) is 6.94. The van der Waals surface area contributed by atoms with E-state index in [1.807, 2.05) is 61.6 Å². The molecule has 0 unspecified atom stereocenters. The summed E-state index contributed by atoms with van der Waals surface area (Å²) >= 11 is 0. The van der Waals surface area contributed by atoms with Crippen LogP contribution in [-0.2, 0) is 9.53 Å². The van der Waals surface area contributed by atoms with Gasteiger partial charge in [-0.2, -0.15) is 0 Å². The first-order valence-electron chi connectivity index (χ1n) is 9.85. The number of nitrogens with zero attached hydrogens (tertiary/aromatic N) is 1. The standard InChI is InChI=1S/C24H26N2O4/c1-26(20-11-4-3-5-12-20)14-8-13-25-23(27)17-30-24(28)21-15-18-9-6-7-10-19(18)16-22(21)29-2/h3-7,9-12,15-16H,8,13-14,17H2,1-2H3,(H,25,27). The van der Waals surface area contributed by atoms with Gasteiger partial charge in [-0.15, -0.1) is 0 Å². The van der Waals surface area contributed by atoms with E-state index in [1.165, 1.54) is 7.11 Å². The smallest absolute Gasteiger partial charge is 0.342 e. The van der Waals surface area contributed by atoms with Crippen molar-refractivity contribution in [1.82, 2.24) is 5.32 Å². The van der Waals surface area contributed by atoms with Crippen LogP contribution in [0.3, 0.4) is 0 Å². The molecule has 0 aliphatic rings. The summed E-state index contributed by atoms with van der Waals surface area (Å²) in [5, 5.41) is 4.64. The van der Waals surface area contributed by atoms with Crippen molar-refractivity contribution in [2.45, 2.75) is 6.42 Å². The first-order chi connectivity index (χ1) is 14.6. The molecule has 0 radical (unpaired) electrons. The van der Waals surface area contributed by atoms with E-state index >= 15 is 0 Å². The molecular weight excluding hydrogens is 380 g/mol. The molecule has 0 spiro atoms. The Morgan fingerprint density at radius 1 is 0.967 bits per heavy atom. The van der Waals surface area contributed by atoms with Crippen molar-refractivity contribution >= 4 is 28.3 Å². The summed E-state index contributed by atoms with van der Waals surface area (Å²) in [6, 6.07) is 21.2. The molecule has 0 fully saturated rings. The Balaban J connectivity index is 1.45. The van der Waals surface area contributed by atoms with Gasteiger partial charge in [-0.05, 0) is 41.5 Å². The largest absolute Gasteiger partial charge is 0.496 e. The minimum absolute atomic E-state index is 0.300. The zero-order valence-corrected chi connectivity index (χ0v) is 17.3. The van der Waals surface area contributed by atoms with Crippen LogP contribution >= 0.6 is 0 Å². The number of benzene rings is 3. The minimum Gasteiger partial charge on any atom is -0.496 e. The molecular formula is C24H26N2O4. The molecule has 1 amide bonds. The van der Waals surface area contributed by atoms with Gasteiger partial charge in [-0.1, -0.05) is 42.5 Å². The molecule has 0 saturated heterocycles. The molecule has 6 nitrogen and oxygen atoms in total. The van der Waals surface area contributed by atoms with E-state index in [-0.39, 0.29) is 12.5 Å². The number of methoxy groups -OCH3 is 1. The van der Waals surface area contributed by atoms with Gasteiger partial charge in [-0.3, -0.25) is 4.79 Å². The van der Waals surface area contributed by atoms with E-state index in [4.69, 9.17) is 9.47 Å². The number of para-hydroxylation sites is 1. The van der Waals surface area contributed by atoms with Crippen molar-refractivity contribution in [3.8, 4) is 5.75 Å². The maximum absolute atomic E-state index is 12.5. The molecule has 30 heavy (non-hydrogen) atoms. The number of ether oxygens (including phenoxy) is 2. The van der Waals surface area contributed by atoms with Crippen LogP contribution in [0.1, 0.15) is 16.8 Å². The van der Waals surface area contributed by atoms with Gasteiger partial charge >= 0.3 is 5.97 Å². The van der Waals surface area contributed by atoms with Crippen LogP contribution < -0.4 is 15.0 Å². The van der Waals surface area contributed by atoms with Gasteiger partial charge in [0, 0.05) is 25.8 Å². The molecule has 0 aliphatic heterocycles. The highest BCUT2D eigenvalue weighted by Gasteiger charge is 2.16. The maximum atomic E-state index is 12.5. The second kappa shape index (κ2) is 10.3. The molecule has 0 aromatic heterocycles. The van der Waals surface area contributed by atoms with E-state index in [2.05, 4.69) is 10.2 Å². The molecule has 3 aromatic rings. The van der Waals surface area contributed by atoms with E-state index in [0.717, 1.165) is 29.4 Å². The molecule has 0 aliphatic carbocycles. The zero-order valence-electron chi connectivity index (χ0n) is 17.3. The average Bonchev–Trinajstić information content (AvgIpc) is 2.79. The highest BCUT2D eigenvalue weighted by Crippen LogP contribution is 2.26. The first-order valence-corrected chi connectivity index (χ1v) is 9.85. The predicted molar refractivity (Wildman–Crippen MR) is 118 cm³/mol. The number of hydrogen-bond donors (Lipinski definition) is 1. The van der Waals surface area contributed by atoms with Gasteiger partial charge < -0.3 is 19.7 Å². The summed E-state index contributed by atoms with van der Waals surface area (Å²) in [6.45, 7) is 0.981. The van der Waals surface area contributed by atoms with E-state index in [1.54, 1.807) is 12.1 Å². The van der Waals surface area contributed by atoms with Crippen molar-refractivity contribution in [1.29, 1.82) is 0 Å². The highest BCUT2D eigenvalue weighted by atomic mass is 16.5. The monoisotopic (exact) mass is 406 g/mol. The summed E-state index contributed by atoms with van der Waals surface area (Å²) in [5.41, 5.74) is 1.43. The Morgan fingerprint density at radius 2 is 1.63 bits per heavy atom. The van der Waals surface area contributed by atoms with Gasteiger partial charge in [0.1, 0.15) is 11.3 Å². The Bertz CT molecular complexity index is 1000. The topological polar surface area (TPSA) is 67.9 Å². The molecule has 0 saturated carbocycles. The zero-order chi connectivity index (χ0) is 21.3. The number of carbonyl (C=O) groups excluding carboxylic acids is 2. The van der Waals surface area contributed by atoms with Gasteiger partial charge in [-0.25, -0.2) is 4.79 Å². The van der Waals surface area contributed by atoms with E-state index < -0.39 is 5.97 Å². The fraction of sp³-hybridized carbons (Fsp3) is 0.250. The van der Waals surface area contributed by atoms with Gasteiger partial charge in [0.25, 0.3) is 5.91 Å². The van der Waals surface area contributed by atoms with Crippen molar-refractivity contribution < 1.29 is 19.1 Å². The Morgan fingerprint density at radius 3 is 2.33 bits per heavy atom. The number of rotatable bonds is 9. The predicted octanol–water partition coefficient (Wildman–Crippen LogP) is 3.65. The highest BCUT2D eigenvalue weighted by molar-refractivity contribution is 5.99. The summed E-state index contributed by atoms with van der Waals surface area (Å²) < 4.78 is 10.5. The molecule has 6 heteroatoms. The number of esters is 1. The third-order valence-corrected chi connectivity index (χ3v) is 4.81. The van der Waals surface area contributed by atoms with Crippen LogP contribution in [-0.4, -0.2) is 45.7 Å². The molecule has 1 N–H and O–H groups in total. The fourth-order valence-electron chi connectivity index (χ4n) is 3.16. The molecule has 0 bridgehead atoms. The number of nitrogens with one attached hydrogen (secondary N) is 1. The number of anilines is 1. The molecule has 3 aromatic carbocycles. The second-order valence-electron chi connectivity index (χ2n) is 6.94. The average molecular weight is 406 g/mol. The Kier molecular flexibility index (Phi) is 7.27. The SMILES string of the molecule is COc1cc2ccccc2cc1C(=O)OCC(=O)NCCCN(C)c1ccccc1. The van der Waals surface area contributed by atoms with E-state index in [0.29, 0.717) is 17.9 Å². The summed E-state index contributed by atoms with van der Waals surface area (Å²) in [6.07, 6.45) is 0.781. The molecule has 156 valence electrons. The van der Waals surface area contributed by atoms with Crippen LogP contribution in [0, 0.1) is 0 Å². The lowest BCUT2D eigenvalue weighted by molar-refractivity contribution is -0.124. The molecule has 0 atom stereocenters. The van der Waals surface area contributed by atoms with Gasteiger partial charge in [0.2, 0.25) is 0 Å². The van der Waals surface area contributed by atoms with Gasteiger partial charge in [0.15, 0.2) is 6.61 Å². The number of fused-ring (bicyclic) bond motifs is 1. The quantitative estimate of drug-likeness (QED) is 0.434. The van der Waals surface area contributed by atoms with Crippen molar-refractivity contribution in [3.63, 3.8) is 0 Å². The minimum atomic E-state index is -0.587. The lowest BCUT2D eigenvalue weighted by Gasteiger charge is -2.19. The third kappa shape index (κ3) is 5.50. The fourth-order valence-corrected chi connectivity index (χ4v) is 3.16. The summed E-state index contributed by atoms with van der Waals surface area (Å²) in [5.74, 6) is -0.495. The normalized spacial score (nSPS) is 10.5. The molecule has 0 heterocycles. The first kappa shape index (κ1) is 21.2. The Labute approximate surface area is 176 Å². The van der Waals surface area contributed by atoms with Crippen LogP contribution in [0.25, 0.3) is 10.8 Å². The van der Waals surface area contributed by atoms with Crippen LogP contribution in [0.4, 0.5) is 5.69 Å². The number of carbonyl (C=O) groups is 2. The van der Waals surface area contributed by atoms with Crippen molar-refractivity contribution in [2.24, 2.45) is 0 Å². The third-order valence-electron chi connectivity index (χ3n) is 4.81. The van der Waals surface area contributed by atoms with Crippen LogP contribution in [0.15, 0.2) is 66.7 Å². The maximum Gasteiger partial charge on any atom is 0.342 e. The summed E-state index contributed by atoms with van der Waals surface area (Å²) in [7, 11) is 3.51. The van der Waals surface area contributed by atoms with Crippen molar-refractivity contribution in [2.75, 3.05) is 38.8 Å². The lowest BCUT2D eigenvalue weighted by atomic mass is 10.1. The number of hydrogen-bond acceptors (Lipinski definition) is 5. The van der Waals surface area contributed by atoms with Gasteiger partial charge in [0.05, 0.1) is 7.11 Å². The Hall–Kier alpha value is -3.54.